The molecule has 23 rings (SSSR count). The van der Waals surface area contributed by atoms with Crippen molar-refractivity contribution in [3.05, 3.63) is 413 Å². The van der Waals surface area contributed by atoms with Gasteiger partial charge in [-0.25, -0.2) is 4.98 Å². The number of hydrogen-bond acceptors (Lipinski definition) is 5. The first-order valence-corrected chi connectivity index (χ1v) is 39.5. The van der Waals surface area contributed by atoms with Gasteiger partial charge in [0, 0.05) is 68.8 Å². The lowest BCUT2D eigenvalue weighted by Crippen LogP contribution is -2.40. The van der Waals surface area contributed by atoms with Gasteiger partial charge >= 0.3 is 0 Å². The van der Waals surface area contributed by atoms with Crippen molar-refractivity contribution < 1.29 is 9.42 Å². The first kappa shape index (κ1) is 63.1. The highest BCUT2D eigenvalue weighted by Gasteiger charge is 2.54. The van der Waals surface area contributed by atoms with Gasteiger partial charge in [0.05, 0.1) is 22.2 Å². The zero-order valence-corrected chi connectivity index (χ0v) is 61.8. The third kappa shape index (κ3) is 9.07. The summed E-state index contributed by atoms with van der Waals surface area (Å²) in [5.41, 5.74) is 32.2. The van der Waals surface area contributed by atoms with Crippen molar-refractivity contribution in [1.82, 2.24) is 15.1 Å². The summed E-state index contributed by atoms with van der Waals surface area (Å²) in [5, 5.41) is 8.03. The Morgan fingerprint density at radius 3 is 1.58 bits per heavy atom. The third-order valence-corrected chi connectivity index (χ3v) is 26.6. The minimum atomic E-state index is -0.711. The number of nitrogens with zero attached hydrogens (tertiary/aromatic N) is 4. The van der Waals surface area contributed by atoms with Gasteiger partial charge in [-0.1, -0.05) is 323 Å². The van der Waals surface area contributed by atoms with Gasteiger partial charge in [0.1, 0.15) is 23.9 Å². The van der Waals surface area contributed by atoms with E-state index in [2.05, 4.69) is 370 Å². The molecule has 5 heterocycles. The zero-order chi connectivity index (χ0) is 72.6. The summed E-state index contributed by atoms with van der Waals surface area (Å²) in [7, 11) is 0. The zero-order valence-electron chi connectivity index (χ0n) is 60.2. The lowest BCUT2D eigenvalue weighted by Gasteiger charge is -2.40. The molecule has 0 N–H and O–H groups in total. The topological polar surface area (TPSA) is 53.0 Å². The molecule has 0 amide bonds. The molecule has 1 atom stereocenters. The Bertz CT molecular complexity index is 6870. The molecule has 15 aromatic carbocycles. The molecule has 5 aliphatic rings. The number of aromatic nitrogens is 4. The Kier molecular flexibility index (Phi) is 13.8. The highest BCUT2D eigenvalue weighted by molar-refractivity contribution is 7.99. The van der Waals surface area contributed by atoms with Crippen LogP contribution in [0.3, 0.4) is 0 Å². The molecule has 7 heteroatoms. The lowest BCUT2D eigenvalue weighted by atomic mass is 9.65. The van der Waals surface area contributed by atoms with Gasteiger partial charge in [-0.2, -0.15) is 0 Å². The van der Waals surface area contributed by atoms with E-state index < -0.39 is 16.2 Å². The minimum Gasteiger partial charge on any atom is -0.456 e. The maximum atomic E-state index is 7.50. The number of rotatable bonds is 9. The number of ether oxygens (including phenoxy) is 1. The SMILES string of the molecule is CC1(C)c2ccc3c(c2-c2cccc(-c4nc(-c5ccccc5)[n+](Cc5ccc(-c6ccccc6)cc5)[n-]4)c21)Oc1ccccc1C31c2ccccc2-c2cc(-c3cccc(-c4cc(-c5ccccc5)cc(-c5ccc6sc7ccc8c(c7c6c5)Sc5ccccc5C85c6ccccc6-c6ccccc65)n4)c3)ccc21. The summed E-state index contributed by atoms with van der Waals surface area (Å²) in [6.45, 7) is 5.27. The second-order valence-corrected chi connectivity index (χ2v) is 32.5. The number of para-hydroxylation sites is 1. The molecular formula is C103H66N4OS2. The van der Waals surface area contributed by atoms with Crippen LogP contribution in [-0.4, -0.2) is 9.97 Å². The maximum absolute atomic E-state index is 7.50. The van der Waals surface area contributed by atoms with Crippen molar-refractivity contribution in [1.29, 1.82) is 0 Å². The van der Waals surface area contributed by atoms with Crippen LogP contribution in [-0.2, 0) is 22.8 Å². The normalized spacial score (nSPS) is 15.1. The molecule has 0 bridgehead atoms. The van der Waals surface area contributed by atoms with Gasteiger partial charge in [-0.05, 0) is 177 Å². The van der Waals surface area contributed by atoms with Crippen LogP contribution in [0.25, 0.3) is 132 Å². The monoisotopic (exact) mass is 1440 g/mol. The van der Waals surface area contributed by atoms with Crippen LogP contribution in [0.5, 0.6) is 11.5 Å². The molecule has 0 saturated carbocycles. The van der Waals surface area contributed by atoms with Crippen molar-refractivity contribution in [3.8, 4) is 124 Å². The van der Waals surface area contributed by atoms with Crippen LogP contribution >= 0.6 is 23.1 Å². The van der Waals surface area contributed by atoms with E-state index in [1.807, 2.05) is 23.1 Å². The predicted octanol–water partition coefficient (Wildman–Crippen LogP) is 25.4. The van der Waals surface area contributed by atoms with E-state index in [1.54, 1.807) is 0 Å². The molecule has 0 fully saturated rings. The summed E-state index contributed by atoms with van der Waals surface area (Å²) in [6.07, 6.45) is 0. The molecule has 110 heavy (non-hydrogen) atoms. The van der Waals surface area contributed by atoms with E-state index in [1.165, 1.54) is 108 Å². The van der Waals surface area contributed by atoms with E-state index in [0.717, 1.165) is 101 Å². The molecule has 2 aliphatic heterocycles. The van der Waals surface area contributed by atoms with Crippen LogP contribution in [0.1, 0.15) is 75.0 Å². The predicted molar refractivity (Wildman–Crippen MR) is 448 cm³/mol. The van der Waals surface area contributed by atoms with E-state index in [-0.39, 0.29) is 0 Å². The van der Waals surface area contributed by atoms with Crippen molar-refractivity contribution >= 4 is 43.3 Å². The maximum Gasteiger partial charge on any atom is 0.140 e. The lowest BCUT2D eigenvalue weighted by molar-refractivity contribution is -0.737. The van der Waals surface area contributed by atoms with Crippen LogP contribution in [0, 0.1) is 0 Å². The first-order chi connectivity index (χ1) is 54.2. The Hall–Kier alpha value is -13.0. The average Bonchev–Trinajstić information content (AvgIpc) is 1.49. The number of fused-ring (bicyclic) bond motifs is 26. The van der Waals surface area contributed by atoms with Crippen molar-refractivity contribution in [3.63, 3.8) is 0 Å². The van der Waals surface area contributed by atoms with Gasteiger partial charge in [0.2, 0.25) is 0 Å². The largest absolute Gasteiger partial charge is 0.456 e. The molecule has 3 aromatic heterocycles. The van der Waals surface area contributed by atoms with Gasteiger partial charge in [-0.15, -0.1) is 11.3 Å². The average molecular weight is 1440 g/mol. The Morgan fingerprint density at radius 1 is 0.355 bits per heavy atom. The Labute approximate surface area is 646 Å². The van der Waals surface area contributed by atoms with E-state index in [0.29, 0.717) is 12.4 Å². The highest BCUT2D eigenvalue weighted by atomic mass is 32.2. The minimum absolute atomic E-state index is 0.450. The molecule has 0 radical (unpaired) electrons. The number of thiophene rings is 1. The third-order valence-electron chi connectivity index (χ3n) is 24.2. The fourth-order valence-corrected chi connectivity index (χ4v) is 22.0. The molecule has 3 aliphatic carbocycles. The molecule has 18 aromatic rings. The van der Waals surface area contributed by atoms with Crippen LogP contribution in [0.4, 0.5) is 0 Å². The molecule has 516 valence electrons. The van der Waals surface area contributed by atoms with Gasteiger partial charge in [-0.3, -0.25) is 9.78 Å². The quantitative estimate of drug-likeness (QED) is 0.135. The summed E-state index contributed by atoms with van der Waals surface area (Å²) < 4.78 is 12.1. The Morgan fingerprint density at radius 2 is 0.855 bits per heavy atom. The smallest absolute Gasteiger partial charge is 0.140 e. The molecule has 5 nitrogen and oxygen atoms in total. The highest BCUT2D eigenvalue weighted by Crippen LogP contribution is 2.68. The summed E-state index contributed by atoms with van der Waals surface area (Å²) in [6, 6.07) is 130. The number of hydrogen-bond donors (Lipinski definition) is 0. The number of pyridine rings is 1. The summed E-state index contributed by atoms with van der Waals surface area (Å²) in [5.74, 6) is 3.26. The second-order valence-electron chi connectivity index (χ2n) is 30.4. The number of benzene rings is 15. The summed E-state index contributed by atoms with van der Waals surface area (Å²) in [4.78, 5) is 13.8. The van der Waals surface area contributed by atoms with Crippen molar-refractivity contribution in [2.75, 3.05) is 0 Å². The van der Waals surface area contributed by atoms with Gasteiger partial charge < -0.3 is 9.72 Å². The first-order valence-electron chi connectivity index (χ1n) is 37.9. The van der Waals surface area contributed by atoms with Crippen LogP contribution in [0.2, 0.25) is 0 Å². The molecule has 2 spiro atoms. The molecule has 1 unspecified atom stereocenters. The van der Waals surface area contributed by atoms with Crippen LogP contribution < -0.4 is 14.5 Å². The van der Waals surface area contributed by atoms with Gasteiger partial charge in [0.25, 0.3) is 0 Å². The second kappa shape index (κ2) is 24.0. The van der Waals surface area contributed by atoms with Gasteiger partial charge in [0.15, 0.2) is 0 Å². The van der Waals surface area contributed by atoms with E-state index in [4.69, 9.17) is 19.8 Å². The van der Waals surface area contributed by atoms with Crippen molar-refractivity contribution in [2.45, 2.75) is 46.4 Å². The van der Waals surface area contributed by atoms with Crippen LogP contribution in [0.15, 0.2) is 362 Å². The fraction of sp³-hybridized carbons (Fsp3) is 0.0583. The van der Waals surface area contributed by atoms with E-state index >= 15 is 0 Å². The van der Waals surface area contributed by atoms with E-state index in [9.17, 15) is 0 Å². The summed E-state index contributed by atoms with van der Waals surface area (Å²) >= 11 is 3.81. The fourth-order valence-electron chi connectivity index (χ4n) is 19.5. The molecular weight excluding hydrogens is 1370 g/mol. The Balaban J connectivity index is 0.632. The van der Waals surface area contributed by atoms with Crippen molar-refractivity contribution in [2.24, 2.45) is 0 Å². The standard InChI is InChI=1S/C103H66N4OS2/c1-101(2)85-51-52-86-97(94(85)75-35-23-36-76(96(75)101)99-105-100(66-28-10-5-11-29-66)107(106-99)61-62-44-46-65(47-45-62)63-24-6-3-7-25-63)108-90-42-20-18-40-83(90)102(86)81-39-17-14-34-74(81)77-57-68(48-50-82(77)102)67-30-22-31-69(56-67)88-59-71(64-26-8-4-9-27-64)60-89(104-88)70-49-54-91-78(58-70)95-93(109-91)55-53-87-98(95)110-92-43-21-19-41-84(92)103(87)79-37-15-12-32-72(79)73-33-13-16-38-80(73)103/h3-60H,61H2,1-2H3. The molecule has 0 saturated heterocycles.